The molecule has 2 saturated heterocycles. The van der Waals surface area contributed by atoms with Crippen LogP contribution >= 0.6 is 23.2 Å². The third kappa shape index (κ3) is 8.30. The normalized spacial score (nSPS) is 21.5. The minimum Gasteiger partial charge on any atom is -0.488 e. The first-order valence-corrected chi connectivity index (χ1v) is 22.1. The maximum atomic E-state index is 15.1. The van der Waals surface area contributed by atoms with Crippen molar-refractivity contribution in [2.24, 2.45) is 11.8 Å². The molecule has 0 unspecified atom stereocenters. The molecule has 4 amide bonds. The summed E-state index contributed by atoms with van der Waals surface area (Å²) in [6, 6.07) is 4.08. The van der Waals surface area contributed by atoms with E-state index in [0.29, 0.717) is 58.5 Å². The molecule has 64 heavy (non-hydrogen) atoms. The highest BCUT2D eigenvalue weighted by Gasteiger charge is 2.44. The van der Waals surface area contributed by atoms with Gasteiger partial charge < -0.3 is 49.3 Å². The van der Waals surface area contributed by atoms with Gasteiger partial charge in [-0.05, 0) is 36.1 Å². The quantitative estimate of drug-likeness (QED) is 0.108. The van der Waals surface area contributed by atoms with E-state index in [1.54, 1.807) is 0 Å². The molecule has 20 heteroatoms. The Bertz CT molecular complexity index is 2270. The van der Waals surface area contributed by atoms with Crippen LogP contribution in [0.25, 0.3) is 33.6 Å². The number of rotatable bonds is 12. The van der Waals surface area contributed by atoms with E-state index < -0.39 is 60.5 Å². The van der Waals surface area contributed by atoms with E-state index in [-0.39, 0.29) is 61.3 Å². The van der Waals surface area contributed by atoms with Crippen molar-refractivity contribution in [2.75, 3.05) is 27.3 Å². The lowest BCUT2D eigenvalue weighted by molar-refractivity contribution is -0.136. The standard InChI is InChI=1S/C44H50Cl2F2N8O8/c1-7-19(3)33(51-43(59)61-5)41(57)55-15-25(47)13-27(55)39-49-35(37(45)53-39)21-9-23-17-64-30-12-22(10-24-18-63-29(11-21)31(23)32(24)30)36-38(46)54-40(50-36)28-14-26(48)16-56(28)42(58)34(20(4)8-2)52-44(60)62-6/h9-12,19-20,25-28,33-34H,7-8,13-18H2,1-6H3,(H,49,53)(H,50,54)(H,51,59)(H,52,60)/t19-,20-,25+,26+,27-,28-,33-,34-/m0/s1. The van der Waals surface area contributed by atoms with Crippen molar-refractivity contribution in [1.29, 1.82) is 0 Å². The van der Waals surface area contributed by atoms with Gasteiger partial charge in [0.2, 0.25) is 11.8 Å². The molecule has 0 spiro atoms. The number of hydrogen-bond donors (Lipinski definition) is 4. The molecule has 16 nitrogen and oxygen atoms in total. The van der Waals surface area contributed by atoms with Gasteiger partial charge in [0.25, 0.3) is 0 Å². The minimum atomic E-state index is -1.32. The molecule has 4 aliphatic rings. The molecule has 0 bridgehead atoms. The highest BCUT2D eigenvalue weighted by atomic mass is 35.5. The largest absolute Gasteiger partial charge is 0.488 e. The van der Waals surface area contributed by atoms with E-state index in [0.717, 1.165) is 22.3 Å². The van der Waals surface area contributed by atoms with Crippen molar-refractivity contribution in [2.45, 2.75) is 103 Å². The molecule has 8 atom stereocenters. The average molecular weight is 928 g/mol. The van der Waals surface area contributed by atoms with E-state index in [2.05, 4.69) is 20.6 Å². The summed E-state index contributed by atoms with van der Waals surface area (Å²) in [6.07, 6.45) is -3.00. The van der Waals surface area contributed by atoms with Crippen LogP contribution in [0.1, 0.15) is 88.2 Å². The molecule has 8 rings (SSSR count). The van der Waals surface area contributed by atoms with E-state index in [4.69, 9.17) is 52.1 Å². The van der Waals surface area contributed by atoms with E-state index in [1.807, 2.05) is 52.0 Å². The number of likely N-dealkylation sites (tertiary alicyclic amines) is 2. The smallest absolute Gasteiger partial charge is 0.407 e. The van der Waals surface area contributed by atoms with Crippen molar-refractivity contribution in [3.8, 4) is 45.1 Å². The lowest BCUT2D eigenvalue weighted by Crippen LogP contribution is -2.51. The first-order chi connectivity index (χ1) is 30.6. The van der Waals surface area contributed by atoms with Gasteiger partial charge in [-0.25, -0.2) is 28.3 Å². The Hall–Kier alpha value is -5.62. The number of H-pyrrole nitrogens is 2. The summed E-state index contributed by atoms with van der Waals surface area (Å²) in [5, 5.41) is 5.62. The highest BCUT2D eigenvalue weighted by molar-refractivity contribution is 6.32. The Labute approximate surface area is 378 Å². The fourth-order valence-corrected chi connectivity index (χ4v) is 9.56. The number of nitrogens with one attached hydrogen (secondary N) is 4. The van der Waals surface area contributed by atoms with Gasteiger partial charge in [0.05, 0.1) is 39.4 Å². The average Bonchev–Trinajstić information content (AvgIpc) is 4.09. The molecule has 0 radical (unpaired) electrons. The van der Waals surface area contributed by atoms with Crippen LogP contribution in [-0.2, 0) is 32.3 Å². The van der Waals surface area contributed by atoms with Crippen LogP contribution in [-0.4, -0.2) is 105 Å². The number of amides is 4. The summed E-state index contributed by atoms with van der Waals surface area (Å²) in [5.74, 6) is 0.370. The summed E-state index contributed by atoms with van der Waals surface area (Å²) in [5.41, 5.74) is 5.30. The zero-order chi connectivity index (χ0) is 45.7. The second-order valence-electron chi connectivity index (χ2n) is 16.8. The molecular weight excluding hydrogens is 877 g/mol. The summed E-state index contributed by atoms with van der Waals surface area (Å²) in [6.45, 7) is 7.43. The van der Waals surface area contributed by atoms with Crippen LogP contribution in [0, 0.1) is 11.8 Å². The Balaban J connectivity index is 1.06. The maximum absolute atomic E-state index is 15.1. The molecule has 342 valence electrons. The van der Waals surface area contributed by atoms with Gasteiger partial charge in [-0.15, -0.1) is 0 Å². The van der Waals surface area contributed by atoms with Crippen LogP contribution < -0.4 is 20.1 Å². The molecule has 4 aliphatic heterocycles. The first-order valence-electron chi connectivity index (χ1n) is 21.3. The van der Waals surface area contributed by atoms with Crippen LogP contribution in [0.15, 0.2) is 24.3 Å². The predicted octanol–water partition coefficient (Wildman–Crippen LogP) is 7.99. The summed E-state index contributed by atoms with van der Waals surface area (Å²) in [4.78, 5) is 70.6. The number of alkyl halides is 2. The van der Waals surface area contributed by atoms with Crippen molar-refractivity contribution < 1.29 is 46.9 Å². The number of carbonyl (C=O) groups excluding carboxylic acids is 4. The number of aromatic amines is 2. The molecule has 4 aromatic rings. The topological polar surface area (TPSA) is 193 Å². The summed E-state index contributed by atoms with van der Waals surface area (Å²) in [7, 11) is 2.43. The van der Waals surface area contributed by atoms with Gasteiger partial charge in [-0.1, -0.05) is 63.7 Å². The number of halogens is 4. The van der Waals surface area contributed by atoms with Gasteiger partial charge in [0.15, 0.2) is 0 Å². The number of hydrogen-bond acceptors (Lipinski definition) is 10. The monoisotopic (exact) mass is 926 g/mol. The lowest BCUT2D eigenvalue weighted by atomic mass is 9.87. The molecular formula is C44H50Cl2F2N8O8. The van der Waals surface area contributed by atoms with Gasteiger partial charge in [0.1, 0.15) is 82.5 Å². The second-order valence-corrected chi connectivity index (χ2v) is 17.6. The fraction of sp³-hybridized carbons (Fsp3) is 0.500. The predicted molar refractivity (Wildman–Crippen MR) is 231 cm³/mol. The molecule has 2 fully saturated rings. The number of imidazole rings is 2. The van der Waals surface area contributed by atoms with Gasteiger partial charge >= 0.3 is 12.2 Å². The highest BCUT2D eigenvalue weighted by Crippen LogP contribution is 2.52. The van der Waals surface area contributed by atoms with Crippen molar-refractivity contribution in [1.82, 2.24) is 40.4 Å². The third-order valence-corrected chi connectivity index (χ3v) is 13.4. The lowest BCUT2D eigenvalue weighted by Gasteiger charge is -2.30. The van der Waals surface area contributed by atoms with E-state index in [1.165, 1.54) is 24.0 Å². The molecule has 0 aliphatic carbocycles. The third-order valence-electron chi connectivity index (χ3n) is 12.9. The van der Waals surface area contributed by atoms with Crippen LogP contribution in [0.5, 0.6) is 11.5 Å². The second kappa shape index (κ2) is 18.1. The minimum absolute atomic E-state index is 0.00892. The van der Waals surface area contributed by atoms with E-state index >= 15 is 8.78 Å². The first kappa shape index (κ1) is 45.0. The number of ether oxygens (including phenoxy) is 4. The van der Waals surface area contributed by atoms with Gasteiger partial charge in [-0.2, -0.15) is 0 Å². The van der Waals surface area contributed by atoms with Crippen LogP contribution in [0.4, 0.5) is 18.4 Å². The Kier molecular flexibility index (Phi) is 12.7. The molecule has 4 N–H and O–H groups in total. The number of aromatic nitrogens is 4. The summed E-state index contributed by atoms with van der Waals surface area (Å²) >= 11 is 13.6. The van der Waals surface area contributed by atoms with Crippen LogP contribution in [0.2, 0.25) is 10.3 Å². The molecule has 2 aromatic heterocycles. The molecule has 2 aromatic carbocycles. The number of alkyl carbamates (subject to hydrolysis) is 2. The zero-order valence-corrected chi connectivity index (χ0v) is 37.7. The van der Waals surface area contributed by atoms with Gasteiger partial charge in [-0.3, -0.25) is 9.59 Å². The fourth-order valence-electron chi connectivity index (χ4n) is 9.06. The Morgan fingerprint density at radius 2 is 1.12 bits per heavy atom. The van der Waals surface area contributed by atoms with Crippen molar-refractivity contribution in [3.05, 3.63) is 57.3 Å². The zero-order valence-electron chi connectivity index (χ0n) is 36.2. The Morgan fingerprint density at radius 3 is 1.48 bits per heavy atom. The van der Waals surface area contributed by atoms with Crippen molar-refractivity contribution >= 4 is 47.2 Å². The number of nitrogens with zero attached hydrogens (tertiary/aromatic N) is 4. The van der Waals surface area contributed by atoms with Gasteiger partial charge in [0, 0.05) is 46.2 Å². The van der Waals surface area contributed by atoms with Crippen LogP contribution in [0.3, 0.4) is 0 Å². The maximum Gasteiger partial charge on any atom is 0.407 e. The number of carbonyl (C=O) groups is 4. The Morgan fingerprint density at radius 1 is 0.734 bits per heavy atom. The number of benzene rings is 2. The molecule has 0 saturated carbocycles. The SMILES string of the molecule is CC[C@H](C)[C@H](NC(=O)OC)C(=O)N1C[C@H](F)C[C@H]1c1nc(-c2cc3c4c(c2)OCc2cc(-c5nc([C@@H]6C[C@@H](F)CN6C(=O)[C@@H](NC(=O)OC)[C@@H](C)CC)[nH]c5Cl)cc(c2-4)OC3)c(Cl)[nH]1. The van der Waals surface area contributed by atoms with Crippen molar-refractivity contribution in [3.63, 3.8) is 0 Å². The summed E-state index contributed by atoms with van der Waals surface area (Å²) < 4.78 is 52.4. The molecule has 6 heterocycles. The number of methoxy groups -OCH3 is 2. The van der Waals surface area contributed by atoms with E-state index in [9.17, 15) is 19.2 Å².